The normalized spacial score (nSPS) is 21.2. The highest BCUT2D eigenvalue weighted by Gasteiger charge is 2.31. The van der Waals surface area contributed by atoms with Gasteiger partial charge < -0.3 is 10.7 Å². The van der Waals surface area contributed by atoms with Crippen molar-refractivity contribution in [1.82, 2.24) is 9.97 Å². The molecule has 5 heteroatoms. The average molecular weight is 277 g/mol. The summed E-state index contributed by atoms with van der Waals surface area (Å²) in [7, 11) is 0. The number of nitrogens with one attached hydrogen (secondary N) is 2. The first-order valence-electron chi connectivity index (χ1n) is 7.44. The van der Waals surface area contributed by atoms with Crippen molar-refractivity contribution in [3.63, 3.8) is 0 Å². The summed E-state index contributed by atoms with van der Waals surface area (Å²) in [5, 5.41) is 3.59. The molecule has 1 aromatic rings. The van der Waals surface area contributed by atoms with Crippen LogP contribution in [0, 0.1) is 12.3 Å². The molecule has 0 spiro atoms. The maximum absolute atomic E-state index is 5.57. The highest BCUT2D eigenvalue weighted by Crippen LogP contribution is 2.38. The Balaban J connectivity index is 2.24. The van der Waals surface area contributed by atoms with E-state index in [-0.39, 0.29) is 5.92 Å². The van der Waals surface area contributed by atoms with Crippen molar-refractivity contribution < 1.29 is 0 Å². The Labute approximate surface area is 121 Å². The number of nitrogen functional groups attached to an aromatic ring is 1. The van der Waals surface area contributed by atoms with Gasteiger partial charge in [0.15, 0.2) is 0 Å². The summed E-state index contributed by atoms with van der Waals surface area (Å²) in [6, 6.07) is 0.490. The Morgan fingerprint density at radius 3 is 2.40 bits per heavy atom. The van der Waals surface area contributed by atoms with E-state index in [9.17, 15) is 0 Å². The predicted octanol–water partition coefficient (Wildman–Crippen LogP) is 3.18. The SMILES string of the molecule is Cc1c(NN)nc(C(C)C)nc1NC1CCC(C)(C)C1. The molecule has 0 aromatic carbocycles. The van der Waals surface area contributed by atoms with Crippen molar-refractivity contribution in [2.24, 2.45) is 11.3 Å². The fourth-order valence-electron chi connectivity index (χ4n) is 2.83. The van der Waals surface area contributed by atoms with Crippen molar-refractivity contribution in [2.45, 2.75) is 65.8 Å². The first kappa shape index (κ1) is 15.0. The molecule has 0 bridgehead atoms. The molecule has 112 valence electrons. The quantitative estimate of drug-likeness (QED) is 0.582. The van der Waals surface area contributed by atoms with Crippen molar-refractivity contribution in [3.8, 4) is 0 Å². The van der Waals surface area contributed by atoms with E-state index in [1.54, 1.807) is 0 Å². The van der Waals surface area contributed by atoms with Gasteiger partial charge in [-0.3, -0.25) is 0 Å². The maximum atomic E-state index is 5.57. The van der Waals surface area contributed by atoms with E-state index in [4.69, 9.17) is 5.84 Å². The number of hydrogen-bond donors (Lipinski definition) is 3. The fraction of sp³-hybridized carbons (Fsp3) is 0.733. The number of aromatic nitrogens is 2. The van der Waals surface area contributed by atoms with Gasteiger partial charge in [0.25, 0.3) is 0 Å². The Hall–Kier alpha value is -1.36. The van der Waals surface area contributed by atoms with Crippen LogP contribution in [0.3, 0.4) is 0 Å². The third kappa shape index (κ3) is 3.20. The molecule has 1 aromatic heterocycles. The van der Waals surface area contributed by atoms with Gasteiger partial charge in [0.1, 0.15) is 17.5 Å². The molecule has 5 nitrogen and oxygen atoms in total. The van der Waals surface area contributed by atoms with E-state index in [0.29, 0.717) is 17.3 Å². The molecule has 2 rings (SSSR count). The average Bonchev–Trinajstić information content (AvgIpc) is 2.71. The molecule has 1 unspecified atom stereocenters. The molecule has 1 heterocycles. The van der Waals surface area contributed by atoms with Gasteiger partial charge >= 0.3 is 0 Å². The van der Waals surface area contributed by atoms with Gasteiger partial charge in [-0.15, -0.1) is 0 Å². The van der Waals surface area contributed by atoms with Gasteiger partial charge in [0.05, 0.1) is 0 Å². The molecule has 4 N–H and O–H groups in total. The second kappa shape index (κ2) is 5.56. The minimum Gasteiger partial charge on any atom is -0.367 e. The molecule has 1 fully saturated rings. The molecule has 1 aliphatic rings. The highest BCUT2D eigenvalue weighted by atomic mass is 15.3. The van der Waals surface area contributed by atoms with Crippen LogP contribution >= 0.6 is 0 Å². The van der Waals surface area contributed by atoms with Crippen LogP contribution in [-0.2, 0) is 0 Å². The molecular weight excluding hydrogens is 250 g/mol. The molecular formula is C15H27N5. The number of rotatable bonds is 4. The highest BCUT2D eigenvalue weighted by molar-refractivity contribution is 5.57. The number of hydrazine groups is 1. The van der Waals surface area contributed by atoms with Crippen LogP contribution in [0.5, 0.6) is 0 Å². The number of nitrogens with zero attached hydrogens (tertiary/aromatic N) is 2. The lowest BCUT2D eigenvalue weighted by Gasteiger charge is -2.20. The Bertz CT molecular complexity index is 481. The third-order valence-corrected chi connectivity index (χ3v) is 4.13. The number of hydrogen-bond acceptors (Lipinski definition) is 5. The maximum Gasteiger partial charge on any atom is 0.148 e. The van der Waals surface area contributed by atoms with Crippen LogP contribution in [0.4, 0.5) is 11.6 Å². The van der Waals surface area contributed by atoms with Gasteiger partial charge in [0.2, 0.25) is 0 Å². The largest absolute Gasteiger partial charge is 0.367 e. The Morgan fingerprint density at radius 2 is 1.90 bits per heavy atom. The second-order valence-corrected chi connectivity index (χ2v) is 6.95. The molecule has 0 aliphatic heterocycles. The van der Waals surface area contributed by atoms with Crippen LogP contribution in [0.2, 0.25) is 0 Å². The van der Waals surface area contributed by atoms with E-state index in [2.05, 4.69) is 48.4 Å². The number of nitrogens with two attached hydrogens (primary N) is 1. The second-order valence-electron chi connectivity index (χ2n) is 6.95. The summed E-state index contributed by atoms with van der Waals surface area (Å²) in [6.45, 7) is 10.8. The Kier molecular flexibility index (Phi) is 4.18. The van der Waals surface area contributed by atoms with Crippen LogP contribution in [0.1, 0.15) is 64.3 Å². The molecule has 0 amide bonds. The van der Waals surface area contributed by atoms with Gasteiger partial charge in [-0.1, -0.05) is 27.7 Å². The van der Waals surface area contributed by atoms with Gasteiger partial charge in [-0.25, -0.2) is 15.8 Å². The van der Waals surface area contributed by atoms with E-state index in [0.717, 1.165) is 17.2 Å². The zero-order valence-corrected chi connectivity index (χ0v) is 13.2. The van der Waals surface area contributed by atoms with Crippen LogP contribution in [0.25, 0.3) is 0 Å². The predicted molar refractivity (Wildman–Crippen MR) is 83.7 cm³/mol. The minimum absolute atomic E-state index is 0.281. The Morgan fingerprint density at radius 1 is 1.25 bits per heavy atom. The fourth-order valence-corrected chi connectivity index (χ4v) is 2.83. The third-order valence-electron chi connectivity index (χ3n) is 4.13. The summed E-state index contributed by atoms with van der Waals surface area (Å²) in [5.41, 5.74) is 4.09. The summed E-state index contributed by atoms with van der Waals surface area (Å²) in [6.07, 6.45) is 3.63. The zero-order valence-electron chi connectivity index (χ0n) is 13.2. The van der Waals surface area contributed by atoms with Crippen molar-refractivity contribution in [1.29, 1.82) is 0 Å². The molecule has 1 atom stereocenters. The first-order valence-corrected chi connectivity index (χ1v) is 7.44. The van der Waals surface area contributed by atoms with Crippen LogP contribution in [-0.4, -0.2) is 16.0 Å². The van der Waals surface area contributed by atoms with Crippen LogP contribution in [0.15, 0.2) is 0 Å². The van der Waals surface area contributed by atoms with Crippen molar-refractivity contribution in [3.05, 3.63) is 11.4 Å². The smallest absolute Gasteiger partial charge is 0.148 e. The summed E-state index contributed by atoms with van der Waals surface area (Å²) < 4.78 is 0. The van der Waals surface area contributed by atoms with Crippen molar-refractivity contribution in [2.75, 3.05) is 10.7 Å². The van der Waals surface area contributed by atoms with E-state index in [1.165, 1.54) is 19.3 Å². The monoisotopic (exact) mass is 277 g/mol. The van der Waals surface area contributed by atoms with E-state index < -0.39 is 0 Å². The number of anilines is 2. The molecule has 20 heavy (non-hydrogen) atoms. The standard InChI is InChI=1S/C15H27N5/c1-9(2)12-18-13(10(3)14(19-12)20-16)17-11-6-7-15(4,5)8-11/h9,11H,6-8,16H2,1-5H3,(H2,17,18,19,20). The van der Waals surface area contributed by atoms with Crippen molar-refractivity contribution >= 4 is 11.6 Å². The first-order chi connectivity index (χ1) is 9.32. The topological polar surface area (TPSA) is 75.9 Å². The molecule has 0 saturated heterocycles. The lowest BCUT2D eigenvalue weighted by Crippen LogP contribution is -2.21. The van der Waals surface area contributed by atoms with E-state index >= 15 is 0 Å². The molecule has 0 radical (unpaired) electrons. The lowest BCUT2D eigenvalue weighted by molar-refractivity contribution is 0.378. The lowest BCUT2D eigenvalue weighted by atomic mass is 9.92. The van der Waals surface area contributed by atoms with Gasteiger partial charge in [0, 0.05) is 17.5 Å². The van der Waals surface area contributed by atoms with E-state index in [1.807, 2.05) is 6.92 Å². The zero-order chi connectivity index (χ0) is 14.9. The summed E-state index contributed by atoms with van der Waals surface area (Å²) in [5.74, 6) is 8.30. The summed E-state index contributed by atoms with van der Waals surface area (Å²) in [4.78, 5) is 9.14. The van der Waals surface area contributed by atoms with Crippen LogP contribution < -0.4 is 16.6 Å². The summed E-state index contributed by atoms with van der Waals surface area (Å²) >= 11 is 0. The minimum atomic E-state index is 0.281. The molecule has 1 aliphatic carbocycles. The molecule has 1 saturated carbocycles. The van der Waals surface area contributed by atoms with Gasteiger partial charge in [-0.2, -0.15) is 0 Å². The van der Waals surface area contributed by atoms with Gasteiger partial charge in [-0.05, 0) is 31.6 Å².